The molecule has 7 heteroatoms. The maximum Gasteiger partial charge on any atom is 0.338 e. The molecule has 0 spiro atoms. The van der Waals surface area contributed by atoms with Gasteiger partial charge in [0.05, 0.1) is 10.4 Å². The summed E-state index contributed by atoms with van der Waals surface area (Å²) in [6, 6.07) is 16.6. The minimum absolute atomic E-state index is 0.156. The second-order valence-electron chi connectivity index (χ2n) is 5.43. The average molecular weight is 401 g/mol. The Balaban J connectivity index is 1.51. The Morgan fingerprint density at radius 1 is 1.07 bits per heavy atom. The molecule has 0 aliphatic carbocycles. The highest BCUT2D eigenvalue weighted by atomic mass is 32.2. The molecule has 2 aromatic carbocycles. The maximum atomic E-state index is 13.5. The lowest BCUT2D eigenvalue weighted by Crippen LogP contribution is -2.12. The van der Waals surface area contributed by atoms with E-state index in [1.165, 1.54) is 29.2 Å². The van der Waals surface area contributed by atoms with Gasteiger partial charge in [-0.15, -0.1) is 23.1 Å². The standard InChI is InChI=1S/C20H16FNO3S2/c21-16-7-1-2-8-17(16)27-12-10-25-20(24)14-5-3-6-15(13-14)22-19(23)18-9-4-11-26-18/h1-9,11,13H,10,12H2,(H,22,23). The van der Waals surface area contributed by atoms with Crippen LogP contribution in [0.5, 0.6) is 0 Å². The fourth-order valence-electron chi connectivity index (χ4n) is 2.26. The van der Waals surface area contributed by atoms with Crippen LogP contribution in [0, 0.1) is 5.82 Å². The average Bonchev–Trinajstić information content (AvgIpc) is 3.21. The molecule has 4 nitrogen and oxygen atoms in total. The van der Waals surface area contributed by atoms with Crippen molar-refractivity contribution in [2.45, 2.75) is 4.90 Å². The number of nitrogens with one attached hydrogen (secondary N) is 1. The highest BCUT2D eigenvalue weighted by molar-refractivity contribution is 7.99. The summed E-state index contributed by atoms with van der Waals surface area (Å²) in [4.78, 5) is 25.4. The van der Waals surface area contributed by atoms with Crippen LogP contribution in [-0.2, 0) is 4.74 Å². The predicted molar refractivity (Wildman–Crippen MR) is 106 cm³/mol. The maximum absolute atomic E-state index is 13.5. The topological polar surface area (TPSA) is 55.4 Å². The molecule has 1 aromatic heterocycles. The Morgan fingerprint density at radius 3 is 2.70 bits per heavy atom. The van der Waals surface area contributed by atoms with Crippen LogP contribution >= 0.6 is 23.1 Å². The highest BCUT2D eigenvalue weighted by Gasteiger charge is 2.11. The Hall–Kier alpha value is -2.64. The lowest BCUT2D eigenvalue weighted by Gasteiger charge is -2.08. The minimum Gasteiger partial charge on any atom is -0.461 e. The molecule has 0 unspecified atom stereocenters. The monoisotopic (exact) mass is 401 g/mol. The lowest BCUT2D eigenvalue weighted by atomic mass is 10.2. The minimum atomic E-state index is -0.489. The first-order valence-corrected chi connectivity index (χ1v) is 9.99. The molecular formula is C20H16FNO3S2. The number of hydrogen-bond donors (Lipinski definition) is 1. The van der Waals surface area contributed by atoms with Crippen molar-refractivity contribution in [3.63, 3.8) is 0 Å². The van der Waals surface area contributed by atoms with Gasteiger partial charge in [0, 0.05) is 16.3 Å². The molecule has 0 atom stereocenters. The highest BCUT2D eigenvalue weighted by Crippen LogP contribution is 2.21. The zero-order chi connectivity index (χ0) is 19.1. The molecule has 0 aliphatic heterocycles. The fraction of sp³-hybridized carbons (Fsp3) is 0.100. The first-order chi connectivity index (χ1) is 13.1. The largest absolute Gasteiger partial charge is 0.461 e. The van der Waals surface area contributed by atoms with Crippen LogP contribution in [0.2, 0.25) is 0 Å². The van der Waals surface area contributed by atoms with E-state index in [2.05, 4.69) is 5.32 Å². The van der Waals surface area contributed by atoms with E-state index in [0.717, 1.165) is 0 Å². The smallest absolute Gasteiger partial charge is 0.338 e. The van der Waals surface area contributed by atoms with Crippen LogP contribution < -0.4 is 5.32 Å². The molecule has 138 valence electrons. The van der Waals surface area contributed by atoms with E-state index < -0.39 is 5.97 Å². The van der Waals surface area contributed by atoms with Crippen molar-refractivity contribution < 1.29 is 18.7 Å². The molecule has 0 fully saturated rings. The number of thiophene rings is 1. The van der Waals surface area contributed by atoms with Crippen molar-refractivity contribution in [1.82, 2.24) is 0 Å². The number of ether oxygens (including phenoxy) is 1. The van der Waals surface area contributed by atoms with E-state index in [9.17, 15) is 14.0 Å². The summed E-state index contributed by atoms with van der Waals surface area (Å²) in [6.45, 7) is 0.156. The number of carbonyl (C=O) groups excluding carboxylic acids is 2. The summed E-state index contributed by atoms with van der Waals surface area (Å²) >= 11 is 2.63. The van der Waals surface area contributed by atoms with Gasteiger partial charge in [0.15, 0.2) is 0 Å². The van der Waals surface area contributed by atoms with Gasteiger partial charge in [0.25, 0.3) is 5.91 Å². The number of amides is 1. The summed E-state index contributed by atoms with van der Waals surface area (Å²) in [5.74, 6) is -0.558. The van der Waals surface area contributed by atoms with Crippen molar-refractivity contribution in [2.75, 3.05) is 17.7 Å². The van der Waals surface area contributed by atoms with Crippen LogP contribution in [0.25, 0.3) is 0 Å². The van der Waals surface area contributed by atoms with E-state index in [0.29, 0.717) is 26.8 Å². The molecule has 1 N–H and O–H groups in total. The molecule has 0 radical (unpaired) electrons. The van der Waals surface area contributed by atoms with Crippen LogP contribution in [0.15, 0.2) is 70.9 Å². The van der Waals surface area contributed by atoms with Crippen LogP contribution in [-0.4, -0.2) is 24.2 Å². The third-order valence-corrected chi connectivity index (χ3v) is 5.39. The van der Waals surface area contributed by atoms with Crippen LogP contribution in [0.4, 0.5) is 10.1 Å². The van der Waals surface area contributed by atoms with Crippen molar-refractivity contribution in [3.05, 3.63) is 82.3 Å². The van der Waals surface area contributed by atoms with Gasteiger partial charge < -0.3 is 10.1 Å². The molecule has 0 aliphatic rings. The van der Waals surface area contributed by atoms with Gasteiger partial charge in [-0.3, -0.25) is 4.79 Å². The molecular weight excluding hydrogens is 385 g/mol. The number of benzene rings is 2. The van der Waals surface area contributed by atoms with Crippen molar-refractivity contribution >= 4 is 40.7 Å². The normalized spacial score (nSPS) is 10.4. The van der Waals surface area contributed by atoms with E-state index in [1.54, 1.807) is 54.6 Å². The SMILES string of the molecule is O=C(OCCSc1ccccc1F)c1cccc(NC(=O)c2cccs2)c1. The molecule has 0 saturated carbocycles. The van der Waals surface area contributed by atoms with Gasteiger partial charge >= 0.3 is 5.97 Å². The number of thioether (sulfide) groups is 1. The molecule has 0 bridgehead atoms. The third kappa shape index (κ3) is 5.42. The van der Waals surface area contributed by atoms with Crippen molar-refractivity contribution in [3.8, 4) is 0 Å². The fourth-order valence-corrected chi connectivity index (χ4v) is 3.64. The molecule has 1 amide bonds. The molecule has 1 heterocycles. The van der Waals surface area contributed by atoms with Gasteiger partial charge in [0.1, 0.15) is 12.4 Å². The molecule has 27 heavy (non-hydrogen) atoms. The Morgan fingerprint density at radius 2 is 1.93 bits per heavy atom. The second-order valence-corrected chi connectivity index (χ2v) is 7.51. The van der Waals surface area contributed by atoms with Crippen LogP contribution in [0.3, 0.4) is 0 Å². The quantitative estimate of drug-likeness (QED) is 0.340. The zero-order valence-electron chi connectivity index (χ0n) is 14.2. The number of carbonyl (C=O) groups is 2. The third-order valence-electron chi connectivity index (χ3n) is 3.51. The Labute approximate surface area is 164 Å². The number of esters is 1. The lowest BCUT2D eigenvalue weighted by molar-refractivity contribution is 0.0530. The van der Waals surface area contributed by atoms with Gasteiger partial charge in [-0.2, -0.15) is 0 Å². The van der Waals surface area contributed by atoms with Gasteiger partial charge in [0.2, 0.25) is 0 Å². The first-order valence-electron chi connectivity index (χ1n) is 8.13. The van der Waals surface area contributed by atoms with Crippen LogP contribution in [0.1, 0.15) is 20.0 Å². The summed E-state index contributed by atoms with van der Waals surface area (Å²) in [5.41, 5.74) is 0.860. The summed E-state index contributed by atoms with van der Waals surface area (Å²) in [6.07, 6.45) is 0. The summed E-state index contributed by atoms with van der Waals surface area (Å²) < 4.78 is 18.8. The van der Waals surface area contributed by atoms with Gasteiger partial charge in [-0.05, 0) is 41.8 Å². The van der Waals surface area contributed by atoms with E-state index in [4.69, 9.17) is 4.74 Å². The summed E-state index contributed by atoms with van der Waals surface area (Å²) in [7, 11) is 0. The molecule has 3 rings (SSSR count). The second kappa shape index (κ2) is 9.34. The summed E-state index contributed by atoms with van der Waals surface area (Å²) in [5, 5.41) is 4.57. The molecule has 3 aromatic rings. The Kier molecular flexibility index (Phi) is 6.62. The van der Waals surface area contributed by atoms with E-state index in [1.807, 2.05) is 5.38 Å². The first kappa shape index (κ1) is 19.1. The van der Waals surface area contributed by atoms with Gasteiger partial charge in [-0.1, -0.05) is 24.3 Å². The van der Waals surface area contributed by atoms with Crippen molar-refractivity contribution in [1.29, 1.82) is 0 Å². The number of anilines is 1. The van der Waals surface area contributed by atoms with Gasteiger partial charge in [-0.25, -0.2) is 9.18 Å². The van der Waals surface area contributed by atoms with E-state index in [-0.39, 0.29) is 18.3 Å². The molecule has 0 saturated heterocycles. The number of hydrogen-bond acceptors (Lipinski definition) is 5. The number of rotatable bonds is 7. The Bertz CT molecular complexity index is 928. The van der Waals surface area contributed by atoms with E-state index >= 15 is 0 Å². The van der Waals surface area contributed by atoms with Crippen molar-refractivity contribution in [2.24, 2.45) is 0 Å². The number of halogens is 1. The zero-order valence-corrected chi connectivity index (χ0v) is 15.8. The predicted octanol–water partition coefficient (Wildman–Crippen LogP) is 5.09.